The Morgan fingerprint density at radius 1 is 1.00 bits per heavy atom. The van der Waals surface area contributed by atoms with Crippen molar-refractivity contribution >= 4 is 5.91 Å². The third-order valence-electron chi connectivity index (χ3n) is 4.32. The number of hydroxylamine groups is 2. The van der Waals surface area contributed by atoms with Crippen LogP contribution in [0.15, 0.2) is 60.7 Å². The van der Waals surface area contributed by atoms with Gasteiger partial charge in [0.1, 0.15) is 11.7 Å². The molecule has 1 atom stereocenters. The second-order valence-electron chi connectivity index (χ2n) is 6.30. The fourth-order valence-corrected chi connectivity index (χ4v) is 3.34. The van der Waals surface area contributed by atoms with Crippen LogP contribution in [0.5, 0.6) is 0 Å². The molecule has 0 unspecified atom stereocenters. The molecule has 0 radical (unpaired) electrons. The lowest BCUT2D eigenvalue weighted by Gasteiger charge is -2.28. The van der Waals surface area contributed by atoms with Gasteiger partial charge in [0.2, 0.25) is 0 Å². The Hall–Kier alpha value is -2.17. The molecule has 0 bridgehead atoms. The molecule has 3 rings (SSSR count). The van der Waals surface area contributed by atoms with Gasteiger partial charge >= 0.3 is 0 Å². The number of hydrogen-bond donors (Lipinski definition) is 1. The first-order valence-corrected chi connectivity index (χ1v) is 7.80. The average Bonchev–Trinajstić information content (AvgIpc) is 2.78. The van der Waals surface area contributed by atoms with Gasteiger partial charge < -0.3 is 0 Å². The second-order valence-corrected chi connectivity index (χ2v) is 6.30. The van der Waals surface area contributed by atoms with Gasteiger partial charge in [-0.05, 0) is 25.0 Å². The van der Waals surface area contributed by atoms with Crippen LogP contribution in [0.1, 0.15) is 30.9 Å². The molecular weight excluding hydrogens is 288 g/mol. The highest BCUT2D eigenvalue weighted by molar-refractivity contribution is 5.86. The van der Waals surface area contributed by atoms with Gasteiger partial charge in [-0.25, -0.2) is 5.06 Å². The van der Waals surface area contributed by atoms with Gasteiger partial charge in [0.15, 0.2) is 0 Å². The van der Waals surface area contributed by atoms with Crippen molar-refractivity contribution in [1.29, 1.82) is 0 Å². The lowest BCUT2D eigenvalue weighted by atomic mass is 9.85. The van der Waals surface area contributed by atoms with E-state index in [-0.39, 0.29) is 17.9 Å². The topological polar surface area (TPSA) is 41.6 Å². The molecule has 0 aromatic heterocycles. The van der Waals surface area contributed by atoms with Crippen molar-refractivity contribution in [1.82, 2.24) is 10.4 Å². The van der Waals surface area contributed by atoms with Crippen LogP contribution in [-0.2, 0) is 9.63 Å². The number of nitrogens with one attached hydrogen (secondary N) is 1. The molecule has 1 amide bonds. The zero-order chi connectivity index (χ0) is 16.4. The molecule has 120 valence electrons. The molecule has 0 spiro atoms. The highest BCUT2D eigenvalue weighted by Crippen LogP contribution is 2.34. The first-order chi connectivity index (χ1) is 11.0. The van der Waals surface area contributed by atoms with E-state index in [1.165, 1.54) is 12.2 Å². The summed E-state index contributed by atoms with van der Waals surface area (Å²) >= 11 is 0. The van der Waals surface area contributed by atoms with E-state index in [4.69, 9.17) is 4.84 Å². The number of hydrogen-bond acceptors (Lipinski definition) is 3. The first-order valence-electron chi connectivity index (χ1n) is 7.80. The van der Waals surface area contributed by atoms with Crippen LogP contribution < -0.4 is 5.32 Å². The number of carbonyl (C=O) groups is 1. The minimum absolute atomic E-state index is 0.0461. The molecule has 1 aliphatic rings. The molecule has 4 nitrogen and oxygen atoms in total. The van der Waals surface area contributed by atoms with Gasteiger partial charge in [-0.2, -0.15) is 0 Å². The molecule has 23 heavy (non-hydrogen) atoms. The molecule has 2 aromatic carbocycles. The molecule has 1 aliphatic heterocycles. The molecule has 1 N–H and O–H groups in total. The van der Waals surface area contributed by atoms with Crippen molar-refractivity contribution < 1.29 is 9.63 Å². The third kappa shape index (κ3) is 2.87. The van der Waals surface area contributed by atoms with E-state index < -0.39 is 5.66 Å². The zero-order valence-corrected chi connectivity index (χ0v) is 13.7. The Balaban J connectivity index is 2.05. The Labute approximate surface area is 137 Å². The van der Waals surface area contributed by atoms with Gasteiger partial charge in [-0.15, -0.1) is 0 Å². The number of rotatable bonds is 4. The SMILES string of the molecule is CON1C(=O)[C@H](C(c2ccccc2)c2ccccc2)NC1(C)C. The summed E-state index contributed by atoms with van der Waals surface area (Å²) in [6.07, 6.45) is 0. The summed E-state index contributed by atoms with van der Waals surface area (Å²) in [5.74, 6) is -0.112. The highest BCUT2D eigenvalue weighted by atomic mass is 16.7. The number of benzene rings is 2. The third-order valence-corrected chi connectivity index (χ3v) is 4.32. The van der Waals surface area contributed by atoms with Crippen molar-refractivity contribution in [3.05, 3.63) is 71.8 Å². The van der Waals surface area contributed by atoms with Crippen LogP contribution in [0.25, 0.3) is 0 Å². The van der Waals surface area contributed by atoms with Gasteiger partial charge in [-0.1, -0.05) is 60.7 Å². The Kier molecular flexibility index (Phi) is 4.20. The molecule has 0 saturated carbocycles. The maximum atomic E-state index is 12.9. The quantitative estimate of drug-likeness (QED) is 0.944. The van der Waals surface area contributed by atoms with Crippen LogP contribution in [0, 0.1) is 0 Å². The van der Waals surface area contributed by atoms with Crippen molar-refractivity contribution in [2.24, 2.45) is 0 Å². The van der Waals surface area contributed by atoms with Crippen LogP contribution in [-0.4, -0.2) is 29.8 Å². The monoisotopic (exact) mass is 310 g/mol. The van der Waals surface area contributed by atoms with E-state index in [9.17, 15) is 4.79 Å². The summed E-state index contributed by atoms with van der Waals surface area (Å²) in [5.41, 5.74) is 1.68. The number of nitrogens with zero attached hydrogens (tertiary/aromatic N) is 1. The summed E-state index contributed by atoms with van der Waals surface area (Å²) < 4.78 is 0. The first kappa shape index (κ1) is 15.7. The second kappa shape index (κ2) is 6.14. The van der Waals surface area contributed by atoms with Gasteiger partial charge in [0.25, 0.3) is 5.91 Å². The summed E-state index contributed by atoms with van der Waals surface area (Å²) in [6, 6.07) is 19.9. The molecule has 1 fully saturated rings. The van der Waals surface area contributed by atoms with E-state index in [0.29, 0.717) is 0 Å². The predicted molar refractivity (Wildman–Crippen MR) is 89.6 cm³/mol. The maximum Gasteiger partial charge on any atom is 0.266 e. The van der Waals surface area contributed by atoms with Crippen molar-refractivity contribution in [2.45, 2.75) is 31.5 Å². The largest absolute Gasteiger partial charge is 0.281 e. The molecule has 0 aliphatic carbocycles. The van der Waals surface area contributed by atoms with Crippen molar-refractivity contribution in [2.75, 3.05) is 7.11 Å². The van der Waals surface area contributed by atoms with E-state index in [1.54, 1.807) is 0 Å². The van der Waals surface area contributed by atoms with E-state index >= 15 is 0 Å². The van der Waals surface area contributed by atoms with E-state index in [1.807, 2.05) is 50.2 Å². The fourth-order valence-electron chi connectivity index (χ4n) is 3.34. The molecule has 2 aromatic rings. The smallest absolute Gasteiger partial charge is 0.266 e. The van der Waals surface area contributed by atoms with Crippen LogP contribution >= 0.6 is 0 Å². The predicted octanol–water partition coefficient (Wildman–Crippen LogP) is 2.92. The standard InChI is InChI=1S/C19H22N2O2/c1-19(2)20-17(18(22)21(19)23-3)16(14-10-6-4-7-11-14)15-12-8-5-9-13-15/h4-13,16-17,20H,1-3H3/t17-/m0/s1. The van der Waals surface area contributed by atoms with Crippen LogP contribution in [0.3, 0.4) is 0 Å². The molecule has 1 heterocycles. The van der Waals surface area contributed by atoms with Crippen LogP contribution in [0.4, 0.5) is 0 Å². The lowest BCUT2D eigenvalue weighted by Crippen LogP contribution is -2.47. The van der Waals surface area contributed by atoms with Crippen molar-refractivity contribution in [3.8, 4) is 0 Å². The number of carbonyl (C=O) groups excluding carboxylic acids is 1. The van der Waals surface area contributed by atoms with Crippen molar-refractivity contribution in [3.63, 3.8) is 0 Å². The Morgan fingerprint density at radius 3 is 1.87 bits per heavy atom. The van der Waals surface area contributed by atoms with Gasteiger partial charge in [-0.3, -0.25) is 14.9 Å². The summed E-state index contributed by atoms with van der Waals surface area (Å²) in [7, 11) is 1.53. The highest BCUT2D eigenvalue weighted by Gasteiger charge is 2.48. The molecule has 4 heteroatoms. The van der Waals surface area contributed by atoms with E-state index in [0.717, 1.165) is 11.1 Å². The average molecular weight is 310 g/mol. The minimum atomic E-state index is -0.543. The Morgan fingerprint density at radius 2 is 1.48 bits per heavy atom. The normalized spacial score (nSPS) is 20.3. The summed E-state index contributed by atoms with van der Waals surface area (Å²) in [5, 5.41) is 4.86. The zero-order valence-electron chi connectivity index (χ0n) is 13.7. The maximum absolute atomic E-state index is 12.9. The molecule has 1 saturated heterocycles. The van der Waals surface area contributed by atoms with Gasteiger partial charge in [0.05, 0.1) is 7.11 Å². The summed E-state index contributed by atoms with van der Waals surface area (Å²) in [4.78, 5) is 18.2. The summed E-state index contributed by atoms with van der Waals surface area (Å²) in [6.45, 7) is 3.89. The lowest BCUT2D eigenvalue weighted by molar-refractivity contribution is -0.192. The van der Waals surface area contributed by atoms with E-state index in [2.05, 4.69) is 29.6 Å². The minimum Gasteiger partial charge on any atom is -0.281 e. The fraction of sp³-hybridized carbons (Fsp3) is 0.316. The van der Waals surface area contributed by atoms with Crippen LogP contribution in [0.2, 0.25) is 0 Å². The Bertz CT molecular complexity index is 631. The van der Waals surface area contributed by atoms with Gasteiger partial charge in [0, 0.05) is 5.92 Å². The number of amides is 1. The molecular formula is C19H22N2O2.